The lowest BCUT2D eigenvalue weighted by Gasteiger charge is -2.24. The van der Waals surface area contributed by atoms with Crippen LogP contribution in [0.2, 0.25) is 0 Å². The number of carbonyl (C=O) groups is 2. The molecule has 0 aliphatic rings. The lowest BCUT2D eigenvalue weighted by molar-refractivity contribution is -0.870. The van der Waals surface area contributed by atoms with Crippen molar-refractivity contribution in [3.05, 3.63) is 85.1 Å². The Morgan fingerprint density at radius 1 is 0.593 bits per heavy atom. The SMILES string of the molecule is CCCCCCCC/C=C\C/C=C\C/C=C\CCCC(=O)O[C@H](COC(=O)CCC/C=C\C/C=C\C/C=C\C/C=C\CC(O)CCC)COP(=O)(O)OCC[N+](C)(C)C. The van der Waals surface area contributed by atoms with E-state index >= 15 is 0 Å². The molecule has 0 heterocycles. The van der Waals surface area contributed by atoms with E-state index in [1.54, 1.807) is 0 Å². The van der Waals surface area contributed by atoms with Gasteiger partial charge in [0.1, 0.15) is 19.8 Å². The van der Waals surface area contributed by atoms with E-state index < -0.39 is 32.5 Å². The van der Waals surface area contributed by atoms with Crippen LogP contribution in [0.25, 0.3) is 0 Å². The molecular weight excluding hydrogens is 766 g/mol. The van der Waals surface area contributed by atoms with Gasteiger partial charge in [0.2, 0.25) is 0 Å². The average molecular weight is 849 g/mol. The number of hydrogen-bond acceptors (Lipinski definition) is 8. The summed E-state index contributed by atoms with van der Waals surface area (Å²) in [5.74, 6) is -0.954. The van der Waals surface area contributed by atoms with Gasteiger partial charge < -0.3 is 24.0 Å². The second-order valence-electron chi connectivity index (χ2n) is 15.9. The van der Waals surface area contributed by atoms with Crippen LogP contribution in [0.5, 0.6) is 0 Å². The maximum Gasteiger partial charge on any atom is 0.472 e. The molecule has 0 aromatic heterocycles. The molecule has 0 bridgehead atoms. The molecule has 10 nitrogen and oxygen atoms in total. The van der Waals surface area contributed by atoms with Gasteiger partial charge in [0.05, 0.1) is 33.9 Å². The van der Waals surface area contributed by atoms with Crippen molar-refractivity contribution in [2.24, 2.45) is 0 Å². The molecule has 2 N–H and O–H groups in total. The Bertz CT molecular complexity index is 1300. The fourth-order valence-electron chi connectivity index (χ4n) is 5.45. The number of aliphatic hydroxyl groups excluding tert-OH is 1. The number of nitrogens with zero attached hydrogens (tertiary/aromatic N) is 1. The third kappa shape index (κ3) is 43.1. The second kappa shape index (κ2) is 39.3. The highest BCUT2D eigenvalue weighted by molar-refractivity contribution is 7.47. The fourth-order valence-corrected chi connectivity index (χ4v) is 6.19. The Balaban J connectivity index is 4.57. The number of aliphatic hydroxyl groups is 1. The van der Waals surface area contributed by atoms with E-state index in [1.807, 2.05) is 39.4 Å². The van der Waals surface area contributed by atoms with Gasteiger partial charge in [-0.1, -0.05) is 137 Å². The summed E-state index contributed by atoms with van der Waals surface area (Å²) >= 11 is 0. The molecule has 0 rings (SSSR count). The first kappa shape index (κ1) is 56.1. The zero-order chi connectivity index (χ0) is 43.7. The molecule has 0 saturated carbocycles. The number of esters is 2. The largest absolute Gasteiger partial charge is 0.472 e. The zero-order valence-electron chi connectivity index (χ0n) is 37.6. The molecular formula is C48H83NO9P+. The van der Waals surface area contributed by atoms with Crippen molar-refractivity contribution in [2.75, 3.05) is 47.5 Å². The van der Waals surface area contributed by atoms with E-state index in [4.69, 9.17) is 18.5 Å². The molecule has 338 valence electrons. The van der Waals surface area contributed by atoms with Crippen LogP contribution in [0, 0.1) is 0 Å². The zero-order valence-corrected chi connectivity index (χ0v) is 38.5. The smallest absolute Gasteiger partial charge is 0.462 e. The van der Waals surface area contributed by atoms with Crippen LogP contribution in [0.15, 0.2) is 85.1 Å². The third-order valence-electron chi connectivity index (χ3n) is 8.95. The van der Waals surface area contributed by atoms with Gasteiger partial charge in [-0.05, 0) is 83.5 Å². The lowest BCUT2D eigenvalue weighted by Crippen LogP contribution is -2.37. The predicted octanol–water partition coefficient (Wildman–Crippen LogP) is 11.8. The van der Waals surface area contributed by atoms with Crippen molar-refractivity contribution in [2.45, 2.75) is 161 Å². The molecule has 0 radical (unpaired) electrons. The summed E-state index contributed by atoms with van der Waals surface area (Å²) in [6.45, 7) is 4.06. The number of rotatable bonds is 39. The number of phosphoric acid groups is 1. The third-order valence-corrected chi connectivity index (χ3v) is 9.94. The van der Waals surface area contributed by atoms with Crippen molar-refractivity contribution < 1.29 is 47.2 Å². The summed E-state index contributed by atoms with van der Waals surface area (Å²) in [4.78, 5) is 35.3. The number of allylic oxidation sites excluding steroid dienone is 13. The highest BCUT2D eigenvalue weighted by Gasteiger charge is 2.27. The molecule has 0 spiro atoms. The quantitative estimate of drug-likeness (QED) is 0.0204. The molecule has 2 unspecified atom stereocenters. The second-order valence-corrected chi connectivity index (χ2v) is 17.4. The van der Waals surface area contributed by atoms with Gasteiger partial charge in [0, 0.05) is 12.8 Å². The van der Waals surface area contributed by atoms with Crippen molar-refractivity contribution in [1.82, 2.24) is 0 Å². The Morgan fingerprint density at radius 2 is 1.07 bits per heavy atom. The first-order valence-corrected chi connectivity index (χ1v) is 23.9. The van der Waals surface area contributed by atoms with Crippen LogP contribution in [0.1, 0.15) is 149 Å². The number of phosphoric ester groups is 1. The van der Waals surface area contributed by atoms with Gasteiger partial charge in [0.25, 0.3) is 0 Å². The van der Waals surface area contributed by atoms with Crippen LogP contribution in [0.3, 0.4) is 0 Å². The number of carbonyl (C=O) groups excluding carboxylic acids is 2. The van der Waals surface area contributed by atoms with E-state index in [0.717, 1.165) is 51.4 Å². The summed E-state index contributed by atoms with van der Waals surface area (Å²) in [5, 5.41) is 9.74. The molecule has 0 amide bonds. The van der Waals surface area contributed by atoms with E-state index in [2.05, 4.69) is 80.7 Å². The highest BCUT2D eigenvalue weighted by Crippen LogP contribution is 2.43. The molecule has 0 aromatic carbocycles. The van der Waals surface area contributed by atoms with Crippen molar-refractivity contribution in [3.63, 3.8) is 0 Å². The Hall–Kier alpha value is -2.85. The van der Waals surface area contributed by atoms with Crippen LogP contribution in [-0.2, 0) is 32.7 Å². The maximum absolute atomic E-state index is 12.7. The van der Waals surface area contributed by atoms with Gasteiger partial charge in [0.15, 0.2) is 6.10 Å². The minimum Gasteiger partial charge on any atom is -0.462 e. The molecule has 0 saturated heterocycles. The Morgan fingerprint density at radius 3 is 1.59 bits per heavy atom. The minimum absolute atomic E-state index is 0.00336. The summed E-state index contributed by atoms with van der Waals surface area (Å²) in [6.07, 6.45) is 47.1. The predicted molar refractivity (Wildman–Crippen MR) is 244 cm³/mol. The molecule has 11 heteroatoms. The molecule has 0 aliphatic carbocycles. The summed E-state index contributed by atoms with van der Waals surface area (Å²) in [7, 11) is 1.38. The maximum atomic E-state index is 12.7. The monoisotopic (exact) mass is 849 g/mol. The number of unbranched alkanes of at least 4 members (excludes halogenated alkanes) is 8. The van der Waals surface area contributed by atoms with Gasteiger partial charge in [-0.3, -0.25) is 18.6 Å². The molecule has 3 atom stereocenters. The number of ether oxygens (including phenoxy) is 2. The molecule has 0 aromatic rings. The van der Waals surface area contributed by atoms with Crippen LogP contribution < -0.4 is 0 Å². The van der Waals surface area contributed by atoms with Crippen LogP contribution in [0.4, 0.5) is 0 Å². The van der Waals surface area contributed by atoms with Crippen LogP contribution >= 0.6 is 7.82 Å². The lowest BCUT2D eigenvalue weighted by atomic mass is 10.1. The van der Waals surface area contributed by atoms with E-state index in [0.29, 0.717) is 43.1 Å². The number of likely N-dealkylation sites (N-methyl/N-ethyl adjacent to an activating group) is 1. The van der Waals surface area contributed by atoms with Crippen molar-refractivity contribution in [3.8, 4) is 0 Å². The summed E-state index contributed by atoms with van der Waals surface area (Å²) in [6, 6.07) is 0. The normalized spacial score (nSPS) is 14.9. The molecule has 59 heavy (non-hydrogen) atoms. The molecule has 0 aliphatic heterocycles. The van der Waals surface area contributed by atoms with Crippen LogP contribution in [-0.4, -0.2) is 86.1 Å². The van der Waals surface area contributed by atoms with E-state index in [1.165, 1.54) is 38.5 Å². The van der Waals surface area contributed by atoms with Gasteiger partial charge in [-0.25, -0.2) is 4.57 Å². The van der Waals surface area contributed by atoms with Crippen molar-refractivity contribution in [1.29, 1.82) is 0 Å². The number of quaternary nitrogens is 1. The summed E-state index contributed by atoms with van der Waals surface area (Å²) in [5.41, 5.74) is 0. The summed E-state index contributed by atoms with van der Waals surface area (Å²) < 4.78 is 34.1. The first-order valence-electron chi connectivity index (χ1n) is 22.4. The van der Waals surface area contributed by atoms with Gasteiger partial charge in [-0.15, -0.1) is 0 Å². The van der Waals surface area contributed by atoms with Gasteiger partial charge in [-0.2, -0.15) is 0 Å². The fraction of sp³-hybridized carbons (Fsp3) is 0.667. The van der Waals surface area contributed by atoms with Crippen molar-refractivity contribution >= 4 is 19.8 Å². The highest BCUT2D eigenvalue weighted by atomic mass is 31.2. The molecule has 0 fully saturated rings. The standard InChI is InChI=1S/C48H82NO9P/c1-6-8-9-10-11-12-13-14-15-16-17-20-24-27-30-33-36-40-48(52)58-46(44-57-59(53,54)56-42-41-49(3,4)5)43-55-47(51)39-35-32-29-26-23-21-18-19-22-25-28-31-34-38-45(50)37-7-2/h14-15,17-18,20-22,25-27,29-31,34,45-46,50H,6-13,16,19,23-24,28,32-33,35-44H2,1-5H3/p+1/b15-14-,20-17-,21-18-,25-22-,29-26-,30-27-,34-31-/t45?,46-/m1/s1. The number of hydrogen-bond donors (Lipinski definition) is 2. The Labute approximate surface area is 359 Å². The first-order chi connectivity index (χ1) is 28.4. The van der Waals surface area contributed by atoms with E-state index in [9.17, 15) is 24.2 Å². The average Bonchev–Trinajstić information content (AvgIpc) is 3.18. The topological polar surface area (TPSA) is 129 Å². The van der Waals surface area contributed by atoms with Gasteiger partial charge >= 0.3 is 19.8 Å². The minimum atomic E-state index is -4.41. The van der Waals surface area contributed by atoms with E-state index in [-0.39, 0.29) is 32.2 Å². The Kier molecular flexibility index (Phi) is 37.4.